The monoisotopic (exact) mass is 690 g/mol. The van der Waals surface area contributed by atoms with Gasteiger partial charge in [0.1, 0.15) is 24.4 Å². The summed E-state index contributed by atoms with van der Waals surface area (Å²) in [6, 6.07) is 1.76. The van der Waals surface area contributed by atoms with Crippen LogP contribution in [0.3, 0.4) is 0 Å². The molecule has 1 aromatic carbocycles. The first-order valence-corrected chi connectivity index (χ1v) is 16.5. The molecule has 0 spiro atoms. The number of nitrogens with zero attached hydrogens (tertiary/aromatic N) is 7. The van der Waals surface area contributed by atoms with Crippen molar-refractivity contribution in [1.29, 1.82) is 0 Å². The number of amides is 1. The van der Waals surface area contributed by atoms with Crippen molar-refractivity contribution < 1.29 is 36.2 Å². The lowest BCUT2D eigenvalue weighted by molar-refractivity contribution is -0.142. The van der Waals surface area contributed by atoms with E-state index in [9.17, 15) is 26.7 Å². The second-order valence-electron chi connectivity index (χ2n) is 13.7. The van der Waals surface area contributed by atoms with Crippen molar-refractivity contribution in [3.05, 3.63) is 57.3 Å². The van der Waals surface area contributed by atoms with Crippen LogP contribution in [0, 0.1) is 12.7 Å². The van der Waals surface area contributed by atoms with Gasteiger partial charge in [-0.2, -0.15) is 28.2 Å². The molecule has 4 aliphatic heterocycles. The Morgan fingerprint density at radius 1 is 1.18 bits per heavy atom. The van der Waals surface area contributed by atoms with Crippen molar-refractivity contribution in [3.63, 3.8) is 0 Å². The smallest absolute Gasteiger partial charge is 0.419 e. The topological polar surface area (TPSA) is 115 Å². The highest BCUT2D eigenvalue weighted by molar-refractivity contribution is 5.93. The van der Waals surface area contributed by atoms with Gasteiger partial charge in [0.15, 0.2) is 5.69 Å². The van der Waals surface area contributed by atoms with Gasteiger partial charge >= 0.3 is 12.2 Å². The molecule has 4 aliphatic rings. The number of carbonyl (C=O) groups is 1. The van der Waals surface area contributed by atoms with Crippen LogP contribution in [0.5, 0.6) is 6.01 Å². The number of ether oxygens (including phenoxy) is 2. The number of aryl methyl sites for hydroxylation is 1. The number of halogens is 5. The number of anilines is 2. The summed E-state index contributed by atoms with van der Waals surface area (Å²) in [5.41, 5.74) is 6.23. The molecule has 0 aliphatic carbocycles. The normalized spacial score (nSPS) is 24.0. The van der Waals surface area contributed by atoms with E-state index < -0.39 is 40.9 Å². The highest BCUT2D eigenvalue weighted by Gasteiger charge is 2.49. The zero-order valence-corrected chi connectivity index (χ0v) is 27.6. The number of rotatable bonds is 6. The molecule has 3 aromatic rings. The number of hydrogen-bond donors (Lipinski definition) is 1. The lowest BCUT2D eigenvalue weighted by atomic mass is 9.94. The molecule has 0 radical (unpaired) electrons. The third kappa shape index (κ3) is 6.06. The number of aromatic nitrogens is 4. The molecule has 264 valence electrons. The van der Waals surface area contributed by atoms with Gasteiger partial charge in [0.2, 0.25) is 0 Å². The highest BCUT2D eigenvalue weighted by Crippen LogP contribution is 2.44. The van der Waals surface area contributed by atoms with E-state index in [2.05, 4.69) is 15.0 Å². The zero-order chi connectivity index (χ0) is 34.8. The first kappa shape index (κ1) is 33.4. The molecule has 2 N–H and O–H groups in total. The quantitative estimate of drug-likeness (QED) is 0.293. The predicted octanol–water partition coefficient (Wildman–Crippen LogP) is 4.60. The molecule has 0 unspecified atom stereocenters. The fourth-order valence-corrected chi connectivity index (χ4v) is 7.84. The molecule has 1 amide bonds. The molecule has 2 fully saturated rings. The van der Waals surface area contributed by atoms with Crippen LogP contribution in [-0.4, -0.2) is 87.5 Å². The molecule has 0 saturated carbocycles. The van der Waals surface area contributed by atoms with Crippen LogP contribution in [0.25, 0.3) is 0 Å². The van der Waals surface area contributed by atoms with Crippen LogP contribution < -0.4 is 15.4 Å². The zero-order valence-electron chi connectivity index (χ0n) is 27.6. The lowest BCUT2D eigenvalue weighted by Crippen LogP contribution is -2.43. The van der Waals surface area contributed by atoms with Crippen LogP contribution in [0.2, 0.25) is 0 Å². The van der Waals surface area contributed by atoms with Gasteiger partial charge in [-0.1, -0.05) is 0 Å². The average molecular weight is 691 g/mol. The number of hydrogen-bond acceptors (Lipinski definition) is 9. The maximum absolute atomic E-state index is 14.7. The molecule has 6 heterocycles. The minimum Gasteiger partial charge on any atom is -0.461 e. The van der Waals surface area contributed by atoms with Crippen LogP contribution in [0.1, 0.15) is 75.9 Å². The van der Waals surface area contributed by atoms with E-state index >= 15 is 0 Å². The van der Waals surface area contributed by atoms with Crippen LogP contribution in [-0.2, 0) is 37.0 Å². The average Bonchev–Trinajstić information content (AvgIpc) is 3.60. The SMILES string of the molecule is Cc1c(C(=O)N(C)C)nn2c1CN(c1nc(OC[C@@]34CCCN3C[C@H](F)C4)nc3c1CO[C@H](c1cc(N)cc(F)c1C(F)(F)F)C3)CCC2. The van der Waals surface area contributed by atoms with Crippen LogP contribution in [0.15, 0.2) is 12.1 Å². The molecule has 2 saturated heterocycles. The Morgan fingerprint density at radius 3 is 2.73 bits per heavy atom. The molecular formula is C33H39F5N8O3. The first-order chi connectivity index (χ1) is 23.2. The minimum atomic E-state index is -4.98. The van der Waals surface area contributed by atoms with Gasteiger partial charge in [-0.15, -0.1) is 0 Å². The minimum absolute atomic E-state index is 0.0192. The standard InChI is InChI=1S/C33H39F5N8O3/c1-18-25-15-44(7-5-9-46(25)42-28(18)30(47)43(2)3)29-22-16-48-26(21-10-20(39)11-23(35)27(21)33(36,37)38)12-24(22)40-31(41-29)49-17-32-6-4-8-45(32)14-19(34)13-32/h10-11,19,26H,4-9,12-17,39H2,1-3H3/t19-,26+,32+/m1/s1. The molecule has 2 aromatic heterocycles. The molecule has 49 heavy (non-hydrogen) atoms. The molecule has 3 atom stereocenters. The number of alkyl halides is 4. The van der Waals surface area contributed by atoms with Gasteiger partial charge in [0.25, 0.3) is 5.91 Å². The summed E-state index contributed by atoms with van der Waals surface area (Å²) >= 11 is 0. The molecule has 7 rings (SSSR count). The van der Waals surface area contributed by atoms with Crippen molar-refractivity contribution in [2.75, 3.05) is 51.0 Å². The first-order valence-electron chi connectivity index (χ1n) is 16.5. The summed E-state index contributed by atoms with van der Waals surface area (Å²) < 4.78 is 85.6. The summed E-state index contributed by atoms with van der Waals surface area (Å²) in [5, 5.41) is 4.61. The number of fused-ring (bicyclic) bond motifs is 3. The Bertz CT molecular complexity index is 1780. The molecule has 16 heteroatoms. The number of benzene rings is 1. The van der Waals surface area contributed by atoms with E-state index in [-0.39, 0.29) is 37.2 Å². The lowest BCUT2D eigenvalue weighted by Gasteiger charge is -2.33. The fourth-order valence-electron chi connectivity index (χ4n) is 7.84. The second kappa shape index (κ2) is 12.4. The van der Waals surface area contributed by atoms with Gasteiger partial charge in [0.05, 0.1) is 41.7 Å². The summed E-state index contributed by atoms with van der Waals surface area (Å²) in [6.45, 7) is 4.43. The van der Waals surface area contributed by atoms with Crippen molar-refractivity contribution in [3.8, 4) is 6.01 Å². The maximum atomic E-state index is 14.7. The van der Waals surface area contributed by atoms with E-state index in [1.165, 1.54) is 4.90 Å². The Morgan fingerprint density at radius 2 is 1.98 bits per heavy atom. The van der Waals surface area contributed by atoms with Gasteiger partial charge in [0, 0.05) is 63.4 Å². The van der Waals surface area contributed by atoms with Crippen LogP contribution in [0.4, 0.5) is 33.5 Å². The maximum Gasteiger partial charge on any atom is 0.419 e. The van der Waals surface area contributed by atoms with Gasteiger partial charge in [-0.05, 0) is 50.4 Å². The largest absolute Gasteiger partial charge is 0.461 e. The Hall–Kier alpha value is -4.05. The van der Waals surface area contributed by atoms with E-state index in [0.717, 1.165) is 36.7 Å². The molecule has 0 bridgehead atoms. The number of nitrogen functional groups attached to an aromatic ring is 1. The van der Waals surface area contributed by atoms with Crippen molar-refractivity contribution in [1.82, 2.24) is 29.5 Å². The van der Waals surface area contributed by atoms with Crippen LogP contribution >= 0.6 is 0 Å². The molecule has 11 nitrogen and oxygen atoms in total. The van der Waals surface area contributed by atoms with Crippen molar-refractivity contribution >= 4 is 17.4 Å². The number of nitrogens with two attached hydrogens (primary N) is 1. The van der Waals surface area contributed by atoms with Gasteiger partial charge < -0.3 is 25.0 Å². The van der Waals surface area contributed by atoms with E-state index in [4.69, 9.17) is 20.2 Å². The summed E-state index contributed by atoms with van der Waals surface area (Å²) in [7, 11) is 3.33. The van der Waals surface area contributed by atoms with Crippen molar-refractivity contribution in [2.45, 2.75) is 82.7 Å². The highest BCUT2D eigenvalue weighted by atomic mass is 19.4. The van der Waals surface area contributed by atoms with Gasteiger partial charge in [-0.25, -0.2) is 8.78 Å². The fraction of sp³-hybridized carbons (Fsp3) is 0.576. The third-order valence-corrected chi connectivity index (χ3v) is 10.2. The Labute approximate surface area is 280 Å². The summed E-state index contributed by atoms with van der Waals surface area (Å²) in [4.78, 5) is 28.0. The number of carbonyl (C=O) groups excluding carboxylic acids is 1. The second-order valence-corrected chi connectivity index (χ2v) is 13.7. The molecular weight excluding hydrogens is 651 g/mol. The Kier molecular flexibility index (Phi) is 8.45. The summed E-state index contributed by atoms with van der Waals surface area (Å²) in [6.07, 6.45) is -4.57. The van der Waals surface area contributed by atoms with E-state index in [1.54, 1.807) is 14.1 Å². The van der Waals surface area contributed by atoms with Crippen molar-refractivity contribution in [2.24, 2.45) is 0 Å². The van der Waals surface area contributed by atoms with Gasteiger partial charge in [-0.3, -0.25) is 14.4 Å². The van der Waals surface area contributed by atoms with E-state index in [0.29, 0.717) is 67.9 Å². The summed E-state index contributed by atoms with van der Waals surface area (Å²) in [5.74, 6) is -1.20. The van der Waals surface area contributed by atoms with E-state index in [1.807, 2.05) is 16.5 Å². The third-order valence-electron chi connectivity index (χ3n) is 10.2. The Balaban J connectivity index is 1.27. The predicted molar refractivity (Wildman–Crippen MR) is 168 cm³/mol.